The van der Waals surface area contributed by atoms with Gasteiger partial charge in [0.2, 0.25) is 0 Å². The van der Waals surface area contributed by atoms with Crippen LogP contribution in [0.5, 0.6) is 0 Å². The van der Waals surface area contributed by atoms with E-state index in [2.05, 4.69) is 19.9 Å². The average molecular weight is 702 g/mol. The fourth-order valence-electron chi connectivity index (χ4n) is 6.44. The molecule has 1 N–H and O–H groups in total. The van der Waals surface area contributed by atoms with Crippen molar-refractivity contribution in [1.82, 2.24) is 19.7 Å². The van der Waals surface area contributed by atoms with Crippen molar-refractivity contribution in [3.63, 3.8) is 0 Å². The number of nitrogens with zero attached hydrogens (tertiary/aromatic N) is 4. The molecule has 2 saturated heterocycles. The van der Waals surface area contributed by atoms with Gasteiger partial charge in [-0.25, -0.2) is 0 Å². The number of rotatable bonds is 10. The van der Waals surface area contributed by atoms with Crippen LogP contribution in [0.2, 0.25) is 0 Å². The van der Waals surface area contributed by atoms with Crippen LogP contribution in [0.4, 0.5) is 26.3 Å². The number of amides is 1. The molecule has 4 aromatic rings. The van der Waals surface area contributed by atoms with Crippen molar-refractivity contribution in [3.8, 4) is 0 Å². The summed E-state index contributed by atoms with van der Waals surface area (Å²) < 4.78 is 87.6. The molecule has 2 fully saturated rings. The third-order valence-electron chi connectivity index (χ3n) is 9.05. The van der Waals surface area contributed by atoms with E-state index in [-0.39, 0.29) is 19.2 Å². The zero-order chi connectivity index (χ0) is 35.3. The highest BCUT2D eigenvalue weighted by Gasteiger charge is 2.39. The van der Waals surface area contributed by atoms with Gasteiger partial charge in [0.05, 0.1) is 24.3 Å². The Balaban J connectivity index is 1.26. The number of aromatic amines is 1. The van der Waals surface area contributed by atoms with Crippen LogP contribution in [0.3, 0.4) is 0 Å². The number of hydrogen-bond donors (Lipinski definition) is 1. The predicted molar refractivity (Wildman–Crippen MR) is 176 cm³/mol. The highest BCUT2D eigenvalue weighted by Crippen LogP contribution is 2.37. The van der Waals surface area contributed by atoms with Gasteiger partial charge >= 0.3 is 12.4 Å². The Hall–Kier alpha value is -4.40. The molecular weight excluding hydrogens is 664 g/mol. The van der Waals surface area contributed by atoms with Crippen LogP contribution < -0.4 is 0 Å². The van der Waals surface area contributed by atoms with E-state index in [4.69, 9.17) is 9.57 Å². The summed E-state index contributed by atoms with van der Waals surface area (Å²) >= 11 is 0. The SMILES string of the molecule is O=C(c1cc(C(F)(F)F)cc(C(F)(F)F)c1)N1CCN(C/C(=N/OCCN2CCOCC2)c2ccccc2)CC1Cc1c[nH]c2ccccc12. The number of para-hydroxylation sites is 1. The van der Waals surface area contributed by atoms with Crippen molar-refractivity contribution in [2.24, 2.45) is 5.16 Å². The van der Waals surface area contributed by atoms with E-state index < -0.39 is 41.0 Å². The van der Waals surface area contributed by atoms with Crippen LogP contribution in [-0.2, 0) is 28.3 Å². The van der Waals surface area contributed by atoms with Gasteiger partial charge in [0, 0.05) is 80.1 Å². The van der Waals surface area contributed by atoms with Crippen LogP contribution >= 0.6 is 0 Å². The second kappa shape index (κ2) is 15.2. The predicted octanol–water partition coefficient (Wildman–Crippen LogP) is 6.33. The third-order valence-corrected chi connectivity index (χ3v) is 9.05. The lowest BCUT2D eigenvalue weighted by molar-refractivity contribution is -0.143. The number of piperazine rings is 1. The second-order valence-electron chi connectivity index (χ2n) is 12.4. The van der Waals surface area contributed by atoms with Crippen LogP contribution in [-0.4, -0.2) is 103 Å². The molecule has 0 aliphatic carbocycles. The topological polar surface area (TPSA) is 73.4 Å². The summed E-state index contributed by atoms with van der Waals surface area (Å²) in [6.07, 6.45) is -8.02. The summed E-state index contributed by atoms with van der Waals surface area (Å²) in [6, 6.07) is 17.5. The number of oxime groups is 1. The van der Waals surface area contributed by atoms with Crippen molar-refractivity contribution >= 4 is 22.5 Å². The lowest BCUT2D eigenvalue weighted by atomic mass is 9.98. The maximum atomic E-state index is 13.9. The highest BCUT2D eigenvalue weighted by atomic mass is 19.4. The molecule has 0 bridgehead atoms. The van der Waals surface area contributed by atoms with Gasteiger partial charge in [-0.3, -0.25) is 14.6 Å². The zero-order valence-corrected chi connectivity index (χ0v) is 27.1. The molecule has 1 atom stereocenters. The number of nitrogens with one attached hydrogen (secondary N) is 1. The van der Waals surface area contributed by atoms with Crippen molar-refractivity contribution in [2.45, 2.75) is 24.8 Å². The summed E-state index contributed by atoms with van der Waals surface area (Å²) in [6.45, 7) is 5.05. The number of fused-ring (bicyclic) bond motifs is 1. The maximum absolute atomic E-state index is 13.9. The first kappa shape index (κ1) is 35.4. The van der Waals surface area contributed by atoms with Gasteiger partial charge in [0.1, 0.15) is 12.3 Å². The molecule has 1 aromatic heterocycles. The largest absolute Gasteiger partial charge is 0.416 e. The van der Waals surface area contributed by atoms with Crippen LogP contribution in [0.1, 0.15) is 32.6 Å². The lowest BCUT2D eigenvalue weighted by Crippen LogP contribution is -2.56. The second-order valence-corrected chi connectivity index (χ2v) is 12.4. The van der Waals surface area contributed by atoms with E-state index in [1.54, 1.807) is 0 Å². The molecule has 3 aromatic carbocycles. The third kappa shape index (κ3) is 8.66. The van der Waals surface area contributed by atoms with Gasteiger partial charge in [0.15, 0.2) is 0 Å². The first-order valence-corrected chi connectivity index (χ1v) is 16.4. The van der Waals surface area contributed by atoms with Crippen LogP contribution in [0.25, 0.3) is 10.9 Å². The summed E-state index contributed by atoms with van der Waals surface area (Å²) in [4.78, 5) is 28.6. The Kier molecular flexibility index (Phi) is 10.8. The Bertz CT molecular complexity index is 1750. The number of carbonyl (C=O) groups is 1. The van der Waals surface area contributed by atoms with Gasteiger partial charge in [0.25, 0.3) is 5.91 Å². The maximum Gasteiger partial charge on any atom is 0.416 e. The normalized spacial score (nSPS) is 18.5. The van der Waals surface area contributed by atoms with E-state index in [1.807, 2.05) is 60.8 Å². The van der Waals surface area contributed by atoms with Gasteiger partial charge < -0.3 is 19.5 Å². The number of H-pyrrole nitrogens is 1. The van der Waals surface area contributed by atoms with E-state index >= 15 is 0 Å². The lowest BCUT2D eigenvalue weighted by Gasteiger charge is -2.42. The van der Waals surface area contributed by atoms with Gasteiger partial charge in [-0.05, 0) is 36.2 Å². The molecule has 2 aliphatic heterocycles. The minimum atomic E-state index is -5.07. The highest BCUT2D eigenvalue weighted by molar-refractivity contribution is 6.01. The van der Waals surface area contributed by atoms with Gasteiger partial charge in [-0.15, -0.1) is 0 Å². The summed E-state index contributed by atoms with van der Waals surface area (Å²) in [7, 11) is 0. The number of benzene rings is 3. The molecule has 14 heteroatoms. The van der Waals surface area contributed by atoms with E-state index in [1.165, 1.54) is 4.90 Å². The molecule has 0 radical (unpaired) electrons. The Labute approximate surface area is 285 Å². The Morgan fingerprint density at radius 3 is 2.22 bits per heavy atom. The molecule has 0 saturated carbocycles. The molecule has 0 spiro atoms. The van der Waals surface area contributed by atoms with E-state index in [0.717, 1.165) is 35.1 Å². The number of morpholine rings is 1. The summed E-state index contributed by atoms with van der Waals surface area (Å²) in [5, 5.41) is 5.41. The van der Waals surface area contributed by atoms with Crippen molar-refractivity contribution in [3.05, 3.63) is 107 Å². The van der Waals surface area contributed by atoms with Crippen molar-refractivity contribution < 1.29 is 40.7 Å². The number of alkyl halides is 6. The molecule has 1 unspecified atom stereocenters. The first-order valence-electron chi connectivity index (χ1n) is 16.4. The van der Waals surface area contributed by atoms with Gasteiger partial charge in [-0.1, -0.05) is 53.7 Å². The number of carbonyl (C=O) groups excluding carboxylic acids is 1. The summed E-state index contributed by atoms with van der Waals surface area (Å²) in [5.41, 5.74) is -0.480. The first-order chi connectivity index (χ1) is 24.0. The van der Waals surface area contributed by atoms with Crippen molar-refractivity contribution in [2.75, 3.05) is 65.6 Å². The Morgan fingerprint density at radius 1 is 0.840 bits per heavy atom. The minimum absolute atomic E-state index is 0.0333. The van der Waals surface area contributed by atoms with E-state index in [9.17, 15) is 31.1 Å². The van der Waals surface area contributed by atoms with E-state index in [0.29, 0.717) is 63.7 Å². The number of aromatic nitrogens is 1. The number of ether oxygens (including phenoxy) is 1. The smallest absolute Gasteiger partial charge is 0.394 e. The monoisotopic (exact) mass is 701 g/mol. The van der Waals surface area contributed by atoms with Crippen molar-refractivity contribution in [1.29, 1.82) is 0 Å². The molecule has 8 nitrogen and oxygen atoms in total. The molecular formula is C36H37F6N5O3. The number of hydrogen-bond acceptors (Lipinski definition) is 6. The molecule has 6 rings (SSSR count). The quantitative estimate of drug-likeness (QED) is 0.0907. The molecule has 50 heavy (non-hydrogen) atoms. The zero-order valence-electron chi connectivity index (χ0n) is 27.1. The summed E-state index contributed by atoms with van der Waals surface area (Å²) in [5.74, 6) is -0.894. The molecule has 3 heterocycles. The Morgan fingerprint density at radius 2 is 1.52 bits per heavy atom. The molecule has 2 aliphatic rings. The standard InChI is InChI=1S/C36H37F6N5O3/c37-35(38,39)28-18-26(19-29(21-28)36(40,41)42)34(48)47-11-10-46(23-30(47)20-27-22-43-32-9-5-4-8-31(27)32)24-33(25-6-2-1-3-7-25)44-50-17-14-45-12-15-49-16-13-45/h1-9,18-19,21-22,30,43H,10-17,20,23-24H2/b44-33-. The van der Waals surface area contributed by atoms with Crippen LogP contribution in [0.15, 0.2) is 84.1 Å². The number of halogens is 6. The minimum Gasteiger partial charge on any atom is -0.394 e. The molecule has 1 amide bonds. The fraction of sp³-hybridized carbons (Fsp3) is 0.389. The van der Waals surface area contributed by atoms with Gasteiger partial charge in [-0.2, -0.15) is 26.3 Å². The average Bonchev–Trinajstić information content (AvgIpc) is 3.52. The molecule has 266 valence electrons. The fourth-order valence-corrected chi connectivity index (χ4v) is 6.44. The van der Waals surface area contributed by atoms with Crippen LogP contribution in [0, 0.1) is 0 Å².